The Bertz CT molecular complexity index is 438. The third-order valence-electron chi connectivity index (χ3n) is 2.04. The molecule has 0 aliphatic heterocycles. The van der Waals surface area contributed by atoms with Gasteiger partial charge in [0.1, 0.15) is 6.33 Å². The number of aliphatic hydroxyl groups excluding tert-OH is 1. The van der Waals surface area contributed by atoms with Gasteiger partial charge in [0.05, 0.1) is 17.8 Å². The Morgan fingerprint density at radius 3 is 3.00 bits per heavy atom. The van der Waals surface area contributed by atoms with Crippen molar-refractivity contribution in [3.05, 3.63) is 24.2 Å². The fourth-order valence-electron chi connectivity index (χ4n) is 1.17. The minimum Gasteiger partial charge on any atom is -0.391 e. The first-order valence-corrected chi connectivity index (χ1v) is 4.29. The van der Waals surface area contributed by atoms with Gasteiger partial charge in [-0.1, -0.05) is 0 Å². The van der Waals surface area contributed by atoms with Crippen molar-refractivity contribution < 1.29 is 5.11 Å². The van der Waals surface area contributed by atoms with Crippen LogP contribution in [0.5, 0.6) is 0 Å². The van der Waals surface area contributed by atoms with E-state index in [1.54, 1.807) is 19.1 Å². The van der Waals surface area contributed by atoms with Crippen LogP contribution >= 0.6 is 0 Å². The van der Waals surface area contributed by atoms with Crippen LogP contribution < -0.4 is 5.73 Å². The number of aliphatic hydroxyl groups is 1. The normalized spacial score (nSPS) is 15.6. The molecule has 0 saturated carbocycles. The Morgan fingerprint density at radius 2 is 2.29 bits per heavy atom. The first kappa shape index (κ1) is 9.04. The minimum absolute atomic E-state index is 0.484. The summed E-state index contributed by atoms with van der Waals surface area (Å²) in [6.45, 7) is 1.63. The molecule has 0 aromatic carbocycles. The third kappa shape index (κ3) is 1.45. The van der Waals surface area contributed by atoms with Crippen LogP contribution in [0.2, 0.25) is 0 Å². The monoisotopic (exact) mass is 193 g/mol. The highest BCUT2D eigenvalue weighted by Crippen LogP contribution is 2.11. The first-order valence-electron chi connectivity index (χ1n) is 4.29. The minimum atomic E-state index is -0.628. The standard InChI is InChI=1S/C8H11N5O/c1-5(14)8(9)6-2-3-7-11-10-4-13(7)12-6/h2-5,8,14H,9H2,1H3. The van der Waals surface area contributed by atoms with Crippen LogP contribution in [0.25, 0.3) is 5.65 Å². The second-order valence-electron chi connectivity index (χ2n) is 3.16. The van der Waals surface area contributed by atoms with Gasteiger partial charge in [0.25, 0.3) is 0 Å². The van der Waals surface area contributed by atoms with Crippen molar-refractivity contribution in [2.45, 2.75) is 19.1 Å². The summed E-state index contributed by atoms with van der Waals surface area (Å²) in [4.78, 5) is 0. The van der Waals surface area contributed by atoms with Gasteiger partial charge in [-0.15, -0.1) is 10.2 Å². The van der Waals surface area contributed by atoms with Crippen molar-refractivity contribution in [2.75, 3.05) is 0 Å². The van der Waals surface area contributed by atoms with Crippen molar-refractivity contribution in [2.24, 2.45) is 5.73 Å². The number of hydrogen-bond acceptors (Lipinski definition) is 5. The fourth-order valence-corrected chi connectivity index (χ4v) is 1.17. The molecule has 2 unspecified atom stereocenters. The number of aromatic nitrogens is 4. The summed E-state index contributed by atoms with van der Waals surface area (Å²) in [6, 6.07) is 3.01. The maximum absolute atomic E-state index is 9.29. The topological polar surface area (TPSA) is 89.3 Å². The molecule has 0 bridgehead atoms. The van der Waals surface area contributed by atoms with Crippen molar-refractivity contribution in [1.29, 1.82) is 0 Å². The summed E-state index contributed by atoms with van der Waals surface area (Å²) < 4.78 is 1.53. The molecule has 0 fully saturated rings. The van der Waals surface area contributed by atoms with E-state index in [4.69, 9.17) is 5.73 Å². The molecule has 2 aromatic rings. The lowest BCUT2D eigenvalue weighted by atomic mass is 10.1. The molecule has 0 aliphatic rings. The van der Waals surface area contributed by atoms with E-state index in [0.29, 0.717) is 11.3 Å². The van der Waals surface area contributed by atoms with E-state index in [0.717, 1.165) is 0 Å². The summed E-state index contributed by atoms with van der Waals surface area (Å²) in [5.74, 6) is 0. The Morgan fingerprint density at radius 1 is 1.50 bits per heavy atom. The van der Waals surface area contributed by atoms with Crippen LogP contribution in [0, 0.1) is 0 Å². The number of hydrogen-bond donors (Lipinski definition) is 2. The van der Waals surface area contributed by atoms with Crippen LogP contribution in [0.4, 0.5) is 0 Å². The SMILES string of the molecule is CC(O)C(N)c1ccc2nncn2n1. The first-order chi connectivity index (χ1) is 6.68. The largest absolute Gasteiger partial charge is 0.391 e. The Balaban J connectivity index is 2.43. The fraction of sp³-hybridized carbons (Fsp3) is 0.375. The van der Waals surface area contributed by atoms with Gasteiger partial charge in [0, 0.05) is 0 Å². The molecular weight excluding hydrogens is 182 g/mol. The molecule has 6 nitrogen and oxygen atoms in total. The van der Waals surface area contributed by atoms with Crippen LogP contribution in [-0.2, 0) is 0 Å². The molecule has 74 valence electrons. The molecule has 14 heavy (non-hydrogen) atoms. The van der Waals surface area contributed by atoms with Gasteiger partial charge in [-0.3, -0.25) is 0 Å². The van der Waals surface area contributed by atoms with Gasteiger partial charge in [-0.2, -0.15) is 5.10 Å². The number of nitrogens with two attached hydrogens (primary N) is 1. The summed E-state index contributed by atoms with van der Waals surface area (Å²) in [5.41, 5.74) is 7.01. The molecule has 2 atom stereocenters. The van der Waals surface area contributed by atoms with Gasteiger partial charge in [-0.25, -0.2) is 4.52 Å². The predicted molar refractivity (Wildman–Crippen MR) is 49.4 cm³/mol. The summed E-state index contributed by atoms with van der Waals surface area (Å²) in [7, 11) is 0. The van der Waals surface area contributed by atoms with Gasteiger partial charge in [-0.05, 0) is 19.1 Å². The van der Waals surface area contributed by atoms with Crippen molar-refractivity contribution in [3.63, 3.8) is 0 Å². The Hall–Kier alpha value is -1.53. The average Bonchev–Trinajstić information content (AvgIpc) is 2.62. The molecule has 0 spiro atoms. The maximum Gasteiger partial charge on any atom is 0.177 e. The molecule has 6 heteroatoms. The van der Waals surface area contributed by atoms with Gasteiger partial charge < -0.3 is 10.8 Å². The second kappa shape index (κ2) is 3.32. The predicted octanol–water partition coefficient (Wildman–Crippen LogP) is -0.495. The highest BCUT2D eigenvalue weighted by Gasteiger charge is 2.14. The van der Waals surface area contributed by atoms with Crippen molar-refractivity contribution in [1.82, 2.24) is 19.8 Å². The van der Waals surface area contributed by atoms with E-state index in [2.05, 4.69) is 15.3 Å². The molecule has 0 saturated heterocycles. The highest BCUT2D eigenvalue weighted by molar-refractivity contribution is 5.34. The van der Waals surface area contributed by atoms with E-state index >= 15 is 0 Å². The summed E-state index contributed by atoms with van der Waals surface area (Å²) in [6.07, 6.45) is 0.865. The summed E-state index contributed by atoms with van der Waals surface area (Å²) in [5, 5.41) is 21.0. The zero-order chi connectivity index (χ0) is 10.1. The zero-order valence-corrected chi connectivity index (χ0v) is 7.70. The Labute approximate surface area is 80.4 Å². The quantitative estimate of drug-likeness (QED) is 0.671. The number of fused-ring (bicyclic) bond motifs is 1. The van der Waals surface area contributed by atoms with E-state index in [9.17, 15) is 5.11 Å². The smallest absolute Gasteiger partial charge is 0.177 e. The lowest BCUT2D eigenvalue weighted by molar-refractivity contribution is 0.162. The van der Waals surface area contributed by atoms with E-state index in [1.807, 2.05) is 0 Å². The van der Waals surface area contributed by atoms with Gasteiger partial charge in [0.15, 0.2) is 5.65 Å². The Kier molecular flexibility index (Phi) is 2.14. The van der Waals surface area contributed by atoms with Crippen LogP contribution in [0.15, 0.2) is 18.5 Å². The third-order valence-corrected chi connectivity index (χ3v) is 2.04. The average molecular weight is 193 g/mol. The molecule has 3 N–H and O–H groups in total. The van der Waals surface area contributed by atoms with E-state index in [1.165, 1.54) is 10.8 Å². The van der Waals surface area contributed by atoms with Crippen LogP contribution in [-0.4, -0.2) is 31.0 Å². The van der Waals surface area contributed by atoms with Crippen molar-refractivity contribution in [3.8, 4) is 0 Å². The molecule has 2 heterocycles. The number of rotatable bonds is 2. The molecule has 0 aliphatic carbocycles. The second-order valence-corrected chi connectivity index (χ2v) is 3.16. The molecule has 2 rings (SSSR count). The zero-order valence-electron chi connectivity index (χ0n) is 7.70. The molecule has 0 amide bonds. The lowest BCUT2D eigenvalue weighted by Crippen LogP contribution is -2.24. The lowest BCUT2D eigenvalue weighted by Gasteiger charge is -2.13. The molecule has 0 radical (unpaired) electrons. The van der Waals surface area contributed by atoms with E-state index < -0.39 is 12.1 Å². The molecular formula is C8H11N5O. The van der Waals surface area contributed by atoms with Crippen LogP contribution in [0.3, 0.4) is 0 Å². The summed E-state index contributed by atoms with van der Waals surface area (Å²) >= 11 is 0. The number of nitrogens with zero attached hydrogens (tertiary/aromatic N) is 4. The highest BCUT2D eigenvalue weighted by atomic mass is 16.3. The molecule has 2 aromatic heterocycles. The maximum atomic E-state index is 9.29. The van der Waals surface area contributed by atoms with Crippen molar-refractivity contribution >= 4 is 5.65 Å². The van der Waals surface area contributed by atoms with Gasteiger partial charge in [0.2, 0.25) is 0 Å². The van der Waals surface area contributed by atoms with E-state index in [-0.39, 0.29) is 0 Å². The van der Waals surface area contributed by atoms with Crippen LogP contribution in [0.1, 0.15) is 18.7 Å². The van der Waals surface area contributed by atoms with Gasteiger partial charge >= 0.3 is 0 Å².